The molecule has 0 aliphatic rings. The Labute approximate surface area is 214 Å². The van der Waals surface area contributed by atoms with Crippen molar-refractivity contribution in [3.8, 4) is 22.3 Å². The zero-order chi connectivity index (χ0) is 24.3. The second-order valence-electron chi connectivity index (χ2n) is 9.75. The van der Waals surface area contributed by atoms with Gasteiger partial charge < -0.3 is 4.42 Å². The predicted octanol–water partition coefficient (Wildman–Crippen LogP) is 10.4. The number of rotatable bonds is 2. The average Bonchev–Trinajstić information content (AvgIpc) is 3.40. The second-order valence-corrected chi connectivity index (χ2v) is 9.75. The Kier molecular flexibility index (Phi) is 4.29. The summed E-state index contributed by atoms with van der Waals surface area (Å²) in [6.07, 6.45) is 1.94. The van der Waals surface area contributed by atoms with Crippen LogP contribution in [0.5, 0.6) is 0 Å². The summed E-state index contributed by atoms with van der Waals surface area (Å²) in [6.45, 7) is 0. The van der Waals surface area contributed by atoms with Crippen molar-refractivity contribution in [1.29, 1.82) is 0 Å². The van der Waals surface area contributed by atoms with Crippen LogP contribution in [0.3, 0.4) is 0 Å². The van der Waals surface area contributed by atoms with Crippen LogP contribution in [-0.2, 0) is 0 Å². The molecule has 0 aliphatic carbocycles. The largest absolute Gasteiger partial charge is 0.463 e. The van der Waals surface area contributed by atoms with Crippen molar-refractivity contribution < 1.29 is 4.42 Å². The maximum absolute atomic E-state index is 6.34. The normalized spacial score (nSPS) is 11.8. The van der Waals surface area contributed by atoms with E-state index in [1.165, 1.54) is 54.4 Å². The topological polar surface area (TPSA) is 13.1 Å². The SMILES string of the molecule is c1ccc(-c2c(-c3coc4c3ccc3c5ccccc5ccc34)ccc3cc4ccccc4cc23)cc1. The van der Waals surface area contributed by atoms with Crippen molar-refractivity contribution in [1.82, 2.24) is 0 Å². The van der Waals surface area contributed by atoms with Crippen LogP contribution in [0.4, 0.5) is 0 Å². The second kappa shape index (κ2) is 7.81. The molecule has 8 rings (SSSR count). The van der Waals surface area contributed by atoms with Gasteiger partial charge in [-0.05, 0) is 78.7 Å². The fourth-order valence-electron chi connectivity index (χ4n) is 5.94. The van der Waals surface area contributed by atoms with Gasteiger partial charge >= 0.3 is 0 Å². The molecule has 8 aromatic rings. The smallest absolute Gasteiger partial charge is 0.142 e. The fraction of sp³-hybridized carbons (Fsp3) is 0. The zero-order valence-corrected chi connectivity index (χ0v) is 20.1. The van der Waals surface area contributed by atoms with E-state index in [0.717, 1.165) is 21.9 Å². The average molecular weight is 471 g/mol. The number of fused-ring (bicyclic) bond motifs is 7. The van der Waals surface area contributed by atoms with E-state index in [0.29, 0.717) is 0 Å². The van der Waals surface area contributed by atoms with E-state index >= 15 is 0 Å². The molecule has 0 unspecified atom stereocenters. The molecule has 172 valence electrons. The van der Waals surface area contributed by atoms with Gasteiger partial charge in [-0.15, -0.1) is 0 Å². The van der Waals surface area contributed by atoms with Crippen LogP contribution < -0.4 is 0 Å². The molecule has 0 atom stereocenters. The van der Waals surface area contributed by atoms with Crippen LogP contribution in [-0.4, -0.2) is 0 Å². The molecule has 1 heterocycles. The molecule has 0 saturated carbocycles. The van der Waals surface area contributed by atoms with Gasteiger partial charge in [-0.3, -0.25) is 0 Å². The molecule has 0 radical (unpaired) electrons. The minimum absolute atomic E-state index is 0.941. The van der Waals surface area contributed by atoms with Gasteiger partial charge in [0.05, 0.1) is 6.26 Å². The summed E-state index contributed by atoms with van der Waals surface area (Å²) in [6, 6.07) is 45.8. The number of furan rings is 1. The van der Waals surface area contributed by atoms with E-state index in [1.807, 2.05) is 6.26 Å². The number of benzene rings is 7. The van der Waals surface area contributed by atoms with Gasteiger partial charge in [0, 0.05) is 16.3 Å². The third-order valence-electron chi connectivity index (χ3n) is 7.70. The minimum atomic E-state index is 0.941. The van der Waals surface area contributed by atoms with E-state index < -0.39 is 0 Å². The van der Waals surface area contributed by atoms with Gasteiger partial charge in [0.2, 0.25) is 0 Å². The highest BCUT2D eigenvalue weighted by molar-refractivity contribution is 6.19. The maximum Gasteiger partial charge on any atom is 0.142 e. The van der Waals surface area contributed by atoms with Gasteiger partial charge in [0.25, 0.3) is 0 Å². The highest BCUT2D eigenvalue weighted by atomic mass is 16.3. The lowest BCUT2D eigenvalue weighted by atomic mass is 9.88. The Morgan fingerprint density at radius 2 is 1.05 bits per heavy atom. The predicted molar refractivity (Wildman–Crippen MR) is 157 cm³/mol. The molecule has 1 nitrogen and oxygen atoms in total. The first-order valence-electron chi connectivity index (χ1n) is 12.7. The summed E-state index contributed by atoms with van der Waals surface area (Å²) < 4.78 is 6.34. The summed E-state index contributed by atoms with van der Waals surface area (Å²) in [4.78, 5) is 0. The molecule has 0 spiro atoms. The van der Waals surface area contributed by atoms with Gasteiger partial charge in [-0.25, -0.2) is 0 Å². The van der Waals surface area contributed by atoms with Crippen molar-refractivity contribution in [2.45, 2.75) is 0 Å². The maximum atomic E-state index is 6.34. The van der Waals surface area contributed by atoms with Crippen LogP contribution in [0.25, 0.3) is 76.3 Å². The van der Waals surface area contributed by atoms with Crippen molar-refractivity contribution in [3.63, 3.8) is 0 Å². The summed E-state index contributed by atoms with van der Waals surface area (Å²) in [5.74, 6) is 0. The molecule has 0 aliphatic heterocycles. The van der Waals surface area contributed by atoms with Gasteiger partial charge in [-0.1, -0.05) is 103 Å². The molecular formula is C36H22O. The van der Waals surface area contributed by atoms with Crippen molar-refractivity contribution in [2.75, 3.05) is 0 Å². The number of hydrogen-bond donors (Lipinski definition) is 0. The number of hydrogen-bond acceptors (Lipinski definition) is 1. The van der Waals surface area contributed by atoms with Gasteiger partial charge in [0.15, 0.2) is 0 Å². The molecule has 1 aromatic heterocycles. The van der Waals surface area contributed by atoms with Crippen LogP contribution in [0, 0.1) is 0 Å². The Balaban J connectivity index is 1.46. The van der Waals surface area contributed by atoms with E-state index in [2.05, 4.69) is 127 Å². The fourth-order valence-corrected chi connectivity index (χ4v) is 5.94. The molecule has 0 fully saturated rings. The van der Waals surface area contributed by atoms with Gasteiger partial charge in [-0.2, -0.15) is 0 Å². The summed E-state index contributed by atoms with van der Waals surface area (Å²) in [5.41, 5.74) is 5.70. The molecule has 0 N–H and O–H groups in total. The quantitative estimate of drug-likeness (QED) is 0.181. The summed E-state index contributed by atoms with van der Waals surface area (Å²) >= 11 is 0. The van der Waals surface area contributed by atoms with Gasteiger partial charge in [0.1, 0.15) is 5.58 Å². The Morgan fingerprint density at radius 1 is 0.378 bits per heavy atom. The third-order valence-corrected chi connectivity index (χ3v) is 7.70. The lowest BCUT2D eigenvalue weighted by Gasteiger charge is -2.14. The van der Waals surface area contributed by atoms with Crippen LogP contribution in [0.15, 0.2) is 138 Å². The van der Waals surface area contributed by atoms with Crippen LogP contribution in [0.2, 0.25) is 0 Å². The monoisotopic (exact) mass is 470 g/mol. The zero-order valence-electron chi connectivity index (χ0n) is 20.1. The molecule has 37 heavy (non-hydrogen) atoms. The first-order valence-corrected chi connectivity index (χ1v) is 12.7. The van der Waals surface area contributed by atoms with Crippen molar-refractivity contribution >= 4 is 54.1 Å². The highest BCUT2D eigenvalue weighted by Gasteiger charge is 2.18. The summed E-state index contributed by atoms with van der Waals surface area (Å²) in [5, 5.41) is 11.0. The lowest BCUT2D eigenvalue weighted by molar-refractivity contribution is 0.620. The van der Waals surface area contributed by atoms with E-state index in [1.54, 1.807) is 0 Å². The van der Waals surface area contributed by atoms with E-state index in [4.69, 9.17) is 4.42 Å². The lowest BCUT2D eigenvalue weighted by Crippen LogP contribution is -1.88. The molecule has 0 amide bonds. The van der Waals surface area contributed by atoms with Crippen LogP contribution >= 0.6 is 0 Å². The first kappa shape index (κ1) is 20.3. The Morgan fingerprint density at radius 3 is 1.92 bits per heavy atom. The van der Waals surface area contributed by atoms with Crippen molar-refractivity contribution in [3.05, 3.63) is 134 Å². The molecule has 0 bridgehead atoms. The summed E-state index contributed by atoms with van der Waals surface area (Å²) in [7, 11) is 0. The van der Waals surface area contributed by atoms with E-state index in [-0.39, 0.29) is 0 Å². The highest BCUT2D eigenvalue weighted by Crippen LogP contribution is 2.44. The first-order chi connectivity index (χ1) is 18.3. The Hall–Kier alpha value is -4.88. The standard InChI is InChI=1S/C36H22O/c1-2-9-24(10-3-1)35-30(16-15-27-20-25-11-4-5-12-26(25)21-33(27)35)34-22-37-36-31-17-14-23-8-6-7-13-28(23)29(31)18-19-32(34)36/h1-22H. The minimum Gasteiger partial charge on any atom is -0.463 e. The van der Waals surface area contributed by atoms with E-state index in [9.17, 15) is 0 Å². The Bertz CT molecular complexity index is 2130. The van der Waals surface area contributed by atoms with Crippen LogP contribution in [0.1, 0.15) is 0 Å². The molecule has 1 heteroatoms. The third kappa shape index (κ3) is 3.04. The molecule has 7 aromatic carbocycles. The molecular weight excluding hydrogens is 448 g/mol. The van der Waals surface area contributed by atoms with Crippen molar-refractivity contribution in [2.24, 2.45) is 0 Å². The molecule has 0 saturated heterocycles.